The number of nitrogens with one attached hydrogen (secondary N) is 1. The molecule has 0 aromatic heterocycles. The minimum Gasteiger partial charge on any atom is -0.495 e. The molecule has 0 aliphatic heterocycles. The molecule has 1 amide bonds. The molecule has 4 nitrogen and oxygen atoms in total. The Hall–Kier alpha value is -2.49. The highest BCUT2D eigenvalue weighted by Crippen LogP contribution is 2.26. The maximum absolute atomic E-state index is 12.5. The van der Waals surface area contributed by atoms with E-state index in [1.165, 1.54) is 0 Å². The second-order valence-electron chi connectivity index (χ2n) is 5.18. The molecule has 0 spiro atoms. The van der Waals surface area contributed by atoms with Gasteiger partial charge >= 0.3 is 0 Å². The highest BCUT2D eigenvalue weighted by molar-refractivity contribution is 6.06. The number of nitrogens with two attached hydrogens (primary N) is 1. The predicted molar refractivity (Wildman–Crippen MR) is 86.0 cm³/mol. The normalized spacial score (nSPS) is 10.3. The molecule has 0 bridgehead atoms. The second kappa shape index (κ2) is 5.87. The standard InChI is InChI=1S/C17H20N2O2/c1-10-7-11(2)16(12(3)8-10)17(20)19-13-5-6-14(18)15(9-13)21-4/h5-9H,18H2,1-4H3,(H,19,20). The summed E-state index contributed by atoms with van der Waals surface area (Å²) in [5, 5.41) is 2.89. The molecule has 0 aliphatic carbocycles. The summed E-state index contributed by atoms with van der Waals surface area (Å²) in [7, 11) is 1.55. The number of nitrogen functional groups attached to an aromatic ring is 1. The first-order valence-electron chi connectivity index (χ1n) is 6.75. The zero-order chi connectivity index (χ0) is 15.6. The van der Waals surface area contributed by atoms with Crippen LogP contribution in [0.1, 0.15) is 27.0 Å². The van der Waals surface area contributed by atoms with E-state index in [4.69, 9.17) is 10.5 Å². The molecule has 2 aromatic carbocycles. The van der Waals surface area contributed by atoms with E-state index in [1.807, 2.05) is 32.9 Å². The summed E-state index contributed by atoms with van der Waals surface area (Å²) in [5.74, 6) is 0.418. The Morgan fingerprint density at radius 3 is 2.29 bits per heavy atom. The lowest BCUT2D eigenvalue weighted by atomic mass is 9.99. The summed E-state index contributed by atoms with van der Waals surface area (Å²) in [4.78, 5) is 12.5. The van der Waals surface area contributed by atoms with E-state index in [-0.39, 0.29) is 5.91 Å². The molecule has 2 rings (SSSR count). The Morgan fingerprint density at radius 1 is 1.10 bits per heavy atom. The van der Waals surface area contributed by atoms with Gasteiger partial charge in [0.15, 0.2) is 0 Å². The number of hydrogen-bond donors (Lipinski definition) is 2. The zero-order valence-corrected chi connectivity index (χ0v) is 12.8. The molecular weight excluding hydrogens is 264 g/mol. The van der Waals surface area contributed by atoms with Gasteiger partial charge in [0.25, 0.3) is 5.91 Å². The topological polar surface area (TPSA) is 64.3 Å². The number of aryl methyl sites for hydroxylation is 3. The van der Waals surface area contributed by atoms with Crippen LogP contribution in [0.5, 0.6) is 5.75 Å². The highest BCUT2D eigenvalue weighted by atomic mass is 16.5. The van der Waals surface area contributed by atoms with Gasteiger partial charge in [0.1, 0.15) is 5.75 Å². The lowest BCUT2D eigenvalue weighted by Crippen LogP contribution is -2.15. The number of benzene rings is 2. The molecule has 0 unspecified atom stereocenters. The van der Waals surface area contributed by atoms with Crippen LogP contribution in [0.15, 0.2) is 30.3 Å². The number of ether oxygens (including phenoxy) is 1. The maximum atomic E-state index is 12.5. The Morgan fingerprint density at radius 2 is 1.71 bits per heavy atom. The van der Waals surface area contributed by atoms with Crippen molar-refractivity contribution >= 4 is 17.3 Å². The predicted octanol–water partition coefficient (Wildman–Crippen LogP) is 3.45. The summed E-state index contributed by atoms with van der Waals surface area (Å²) in [6.45, 7) is 5.91. The fourth-order valence-corrected chi connectivity index (χ4v) is 2.52. The SMILES string of the molecule is COc1cc(NC(=O)c2c(C)cc(C)cc2C)ccc1N. The molecule has 0 radical (unpaired) electrons. The van der Waals surface area contributed by atoms with Gasteiger partial charge in [-0.2, -0.15) is 0 Å². The summed E-state index contributed by atoms with van der Waals surface area (Å²) >= 11 is 0. The molecule has 2 aromatic rings. The molecule has 0 saturated carbocycles. The Kier molecular flexibility index (Phi) is 4.17. The van der Waals surface area contributed by atoms with Crippen molar-refractivity contribution in [1.82, 2.24) is 0 Å². The lowest BCUT2D eigenvalue weighted by Gasteiger charge is -2.13. The first-order valence-corrected chi connectivity index (χ1v) is 6.75. The van der Waals surface area contributed by atoms with Crippen molar-refractivity contribution in [3.05, 3.63) is 52.6 Å². The molecule has 0 fully saturated rings. The summed E-state index contributed by atoms with van der Waals surface area (Å²) in [6.07, 6.45) is 0. The molecule has 110 valence electrons. The summed E-state index contributed by atoms with van der Waals surface area (Å²) < 4.78 is 5.16. The monoisotopic (exact) mass is 284 g/mol. The fourth-order valence-electron chi connectivity index (χ4n) is 2.52. The van der Waals surface area contributed by atoms with Gasteiger partial charge in [-0.15, -0.1) is 0 Å². The van der Waals surface area contributed by atoms with E-state index in [1.54, 1.807) is 25.3 Å². The van der Waals surface area contributed by atoms with Crippen LogP contribution in [-0.4, -0.2) is 13.0 Å². The fraction of sp³-hybridized carbons (Fsp3) is 0.235. The van der Waals surface area contributed by atoms with Crippen LogP contribution in [0.25, 0.3) is 0 Å². The van der Waals surface area contributed by atoms with Crippen molar-refractivity contribution in [2.75, 3.05) is 18.2 Å². The van der Waals surface area contributed by atoms with Gasteiger partial charge in [-0.1, -0.05) is 17.7 Å². The van der Waals surface area contributed by atoms with Crippen molar-refractivity contribution in [1.29, 1.82) is 0 Å². The molecule has 0 aliphatic rings. The Labute approximate surface area is 124 Å². The van der Waals surface area contributed by atoms with Gasteiger partial charge in [0, 0.05) is 17.3 Å². The first kappa shape index (κ1) is 14.9. The van der Waals surface area contributed by atoms with Crippen molar-refractivity contribution < 1.29 is 9.53 Å². The molecule has 0 atom stereocenters. The van der Waals surface area contributed by atoms with Gasteiger partial charge in [-0.3, -0.25) is 4.79 Å². The van der Waals surface area contributed by atoms with Crippen LogP contribution in [0.3, 0.4) is 0 Å². The van der Waals surface area contributed by atoms with Crippen LogP contribution in [-0.2, 0) is 0 Å². The van der Waals surface area contributed by atoms with Gasteiger partial charge < -0.3 is 15.8 Å². The molecule has 21 heavy (non-hydrogen) atoms. The Balaban J connectivity index is 2.30. The van der Waals surface area contributed by atoms with E-state index >= 15 is 0 Å². The third-order valence-electron chi connectivity index (χ3n) is 3.40. The van der Waals surface area contributed by atoms with E-state index < -0.39 is 0 Å². The van der Waals surface area contributed by atoms with Crippen molar-refractivity contribution in [2.24, 2.45) is 0 Å². The largest absolute Gasteiger partial charge is 0.495 e. The molecule has 0 saturated heterocycles. The van der Waals surface area contributed by atoms with Crippen LogP contribution in [0.2, 0.25) is 0 Å². The van der Waals surface area contributed by atoms with Gasteiger partial charge in [0.2, 0.25) is 0 Å². The van der Waals surface area contributed by atoms with E-state index in [9.17, 15) is 4.79 Å². The molecule has 0 heterocycles. The minimum atomic E-state index is -0.128. The number of anilines is 2. The second-order valence-corrected chi connectivity index (χ2v) is 5.18. The zero-order valence-electron chi connectivity index (χ0n) is 12.8. The Bertz CT molecular complexity index is 670. The van der Waals surface area contributed by atoms with E-state index in [0.29, 0.717) is 22.7 Å². The van der Waals surface area contributed by atoms with Crippen LogP contribution >= 0.6 is 0 Å². The van der Waals surface area contributed by atoms with E-state index in [0.717, 1.165) is 16.7 Å². The van der Waals surface area contributed by atoms with Crippen molar-refractivity contribution in [3.8, 4) is 5.75 Å². The number of hydrogen-bond acceptors (Lipinski definition) is 3. The molecule has 3 N–H and O–H groups in total. The van der Waals surface area contributed by atoms with Crippen LogP contribution in [0.4, 0.5) is 11.4 Å². The van der Waals surface area contributed by atoms with Crippen LogP contribution < -0.4 is 15.8 Å². The number of amides is 1. The molecular formula is C17H20N2O2. The first-order chi connectivity index (χ1) is 9.92. The van der Waals surface area contributed by atoms with Crippen molar-refractivity contribution in [2.45, 2.75) is 20.8 Å². The number of rotatable bonds is 3. The average Bonchev–Trinajstić information content (AvgIpc) is 2.39. The number of methoxy groups -OCH3 is 1. The summed E-state index contributed by atoms with van der Waals surface area (Å²) in [6, 6.07) is 9.20. The lowest BCUT2D eigenvalue weighted by molar-refractivity contribution is 0.102. The maximum Gasteiger partial charge on any atom is 0.256 e. The third kappa shape index (κ3) is 3.16. The van der Waals surface area contributed by atoms with Crippen LogP contribution in [0, 0.1) is 20.8 Å². The highest BCUT2D eigenvalue weighted by Gasteiger charge is 2.13. The van der Waals surface area contributed by atoms with Crippen molar-refractivity contribution in [3.63, 3.8) is 0 Å². The van der Waals surface area contributed by atoms with Gasteiger partial charge in [0.05, 0.1) is 12.8 Å². The molecule has 4 heteroatoms. The number of carbonyl (C=O) groups is 1. The summed E-state index contributed by atoms with van der Waals surface area (Å²) in [5.41, 5.74) is 10.8. The van der Waals surface area contributed by atoms with Gasteiger partial charge in [-0.25, -0.2) is 0 Å². The average molecular weight is 284 g/mol. The van der Waals surface area contributed by atoms with Gasteiger partial charge in [-0.05, 0) is 44.0 Å². The smallest absolute Gasteiger partial charge is 0.256 e. The quantitative estimate of drug-likeness (QED) is 0.848. The van der Waals surface area contributed by atoms with E-state index in [2.05, 4.69) is 5.32 Å². The third-order valence-corrected chi connectivity index (χ3v) is 3.40. The minimum absolute atomic E-state index is 0.128. The number of carbonyl (C=O) groups excluding carboxylic acids is 1.